The lowest BCUT2D eigenvalue weighted by Gasteiger charge is -2.07. The van der Waals surface area contributed by atoms with Crippen LogP contribution in [0.3, 0.4) is 0 Å². The van der Waals surface area contributed by atoms with Crippen molar-refractivity contribution in [2.24, 2.45) is 10.9 Å². The van der Waals surface area contributed by atoms with Gasteiger partial charge in [0.1, 0.15) is 10.7 Å². The van der Waals surface area contributed by atoms with Crippen LogP contribution in [0.5, 0.6) is 0 Å². The smallest absolute Gasteiger partial charge is 0.137 e. The van der Waals surface area contributed by atoms with E-state index in [1.807, 2.05) is 24.0 Å². The fraction of sp³-hybridized carbons (Fsp3) is 0.385. The third-order valence-electron chi connectivity index (χ3n) is 3.07. The fourth-order valence-corrected chi connectivity index (χ4v) is 3.21. The van der Waals surface area contributed by atoms with E-state index in [4.69, 9.17) is 4.99 Å². The van der Waals surface area contributed by atoms with Crippen molar-refractivity contribution >= 4 is 27.8 Å². The van der Waals surface area contributed by atoms with Gasteiger partial charge in [0.2, 0.25) is 0 Å². The number of hydrogen-bond donors (Lipinski definition) is 1. The molecule has 4 heteroatoms. The molecule has 88 valence electrons. The Kier molecular flexibility index (Phi) is 2.67. The first-order valence-corrected chi connectivity index (χ1v) is 6.87. The highest BCUT2D eigenvalue weighted by atomic mass is 32.2. The van der Waals surface area contributed by atoms with Crippen molar-refractivity contribution in [3.8, 4) is 0 Å². The highest BCUT2D eigenvalue weighted by Crippen LogP contribution is 2.27. The summed E-state index contributed by atoms with van der Waals surface area (Å²) in [5.74, 6) is 1.71. The van der Waals surface area contributed by atoms with E-state index in [1.54, 1.807) is 0 Å². The summed E-state index contributed by atoms with van der Waals surface area (Å²) in [6.45, 7) is 4.45. The van der Waals surface area contributed by atoms with Crippen molar-refractivity contribution < 1.29 is 0 Å². The molecular formula is C13H15N3S. The zero-order valence-electron chi connectivity index (χ0n) is 9.97. The Balaban J connectivity index is 1.97. The molecule has 3 heterocycles. The molecule has 17 heavy (non-hydrogen) atoms. The number of nitrogens with one attached hydrogen (secondary N) is 1. The lowest BCUT2D eigenvalue weighted by atomic mass is 10.1. The lowest BCUT2D eigenvalue weighted by Crippen LogP contribution is -2.11. The summed E-state index contributed by atoms with van der Waals surface area (Å²) >= 11 is 1.84. The number of aliphatic imine (C=N–C) groups is 1. The standard InChI is InChI=1S/C13H15N3S/c1-8(2)11-7-17-13(16-11)10-6-9-4-3-5-14-12(9)15-10/h3-6,8,11H,7H2,1-2H3,(H,14,15). The Morgan fingerprint density at radius 2 is 2.35 bits per heavy atom. The highest BCUT2D eigenvalue weighted by Gasteiger charge is 2.22. The van der Waals surface area contributed by atoms with Gasteiger partial charge in [-0.1, -0.05) is 13.8 Å². The molecule has 3 nitrogen and oxygen atoms in total. The monoisotopic (exact) mass is 245 g/mol. The van der Waals surface area contributed by atoms with Gasteiger partial charge in [0.25, 0.3) is 0 Å². The Bertz CT molecular complexity index is 538. The first kappa shape index (κ1) is 10.8. The zero-order chi connectivity index (χ0) is 11.8. The van der Waals surface area contributed by atoms with Gasteiger partial charge in [-0.2, -0.15) is 0 Å². The van der Waals surface area contributed by atoms with Crippen LogP contribution in [0.1, 0.15) is 19.5 Å². The average molecular weight is 245 g/mol. The third-order valence-corrected chi connectivity index (χ3v) is 4.17. The van der Waals surface area contributed by atoms with Crippen molar-refractivity contribution in [1.82, 2.24) is 9.97 Å². The van der Waals surface area contributed by atoms with E-state index >= 15 is 0 Å². The van der Waals surface area contributed by atoms with E-state index in [2.05, 4.69) is 35.9 Å². The van der Waals surface area contributed by atoms with Gasteiger partial charge >= 0.3 is 0 Å². The molecule has 2 aromatic rings. The number of rotatable bonds is 2. The summed E-state index contributed by atoms with van der Waals surface area (Å²) < 4.78 is 0. The summed E-state index contributed by atoms with van der Waals surface area (Å²) in [6, 6.07) is 6.62. The number of H-pyrrole nitrogens is 1. The Morgan fingerprint density at radius 1 is 1.47 bits per heavy atom. The molecule has 0 bridgehead atoms. The SMILES string of the molecule is CC(C)C1CSC(c2cc3cccnc3[nH]2)=N1. The van der Waals surface area contributed by atoms with Crippen molar-refractivity contribution in [3.63, 3.8) is 0 Å². The van der Waals surface area contributed by atoms with Crippen molar-refractivity contribution in [1.29, 1.82) is 0 Å². The molecule has 2 aromatic heterocycles. The van der Waals surface area contributed by atoms with E-state index in [-0.39, 0.29) is 0 Å². The number of aromatic amines is 1. The minimum absolute atomic E-state index is 0.453. The molecule has 0 saturated carbocycles. The van der Waals surface area contributed by atoms with Crippen molar-refractivity contribution in [2.75, 3.05) is 5.75 Å². The molecule has 1 aliphatic heterocycles. The second kappa shape index (κ2) is 4.18. The molecule has 1 N–H and O–H groups in total. The number of pyridine rings is 1. The normalized spacial score (nSPS) is 20.2. The van der Waals surface area contributed by atoms with Gasteiger partial charge in [-0.05, 0) is 24.1 Å². The van der Waals surface area contributed by atoms with E-state index in [1.165, 1.54) is 0 Å². The first-order chi connectivity index (χ1) is 8.24. The van der Waals surface area contributed by atoms with Gasteiger partial charge in [0, 0.05) is 17.3 Å². The van der Waals surface area contributed by atoms with Gasteiger partial charge in [0.05, 0.1) is 11.7 Å². The summed E-state index contributed by atoms with van der Waals surface area (Å²) in [5, 5.41) is 2.28. The van der Waals surface area contributed by atoms with Crippen LogP contribution in [-0.4, -0.2) is 26.8 Å². The molecule has 1 aliphatic rings. The van der Waals surface area contributed by atoms with Crippen LogP contribution >= 0.6 is 11.8 Å². The lowest BCUT2D eigenvalue weighted by molar-refractivity contribution is 0.543. The maximum atomic E-state index is 4.77. The topological polar surface area (TPSA) is 41.0 Å². The molecule has 3 rings (SSSR count). The van der Waals surface area contributed by atoms with E-state index < -0.39 is 0 Å². The van der Waals surface area contributed by atoms with Gasteiger partial charge in [-0.15, -0.1) is 11.8 Å². The van der Waals surface area contributed by atoms with Crippen LogP contribution in [0.25, 0.3) is 11.0 Å². The van der Waals surface area contributed by atoms with Crippen LogP contribution in [0.15, 0.2) is 29.4 Å². The van der Waals surface area contributed by atoms with Crippen LogP contribution < -0.4 is 0 Å². The molecule has 0 aromatic carbocycles. The number of thioether (sulfide) groups is 1. The molecule has 1 atom stereocenters. The summed E-state index contributed by atoms with van der Waals surface area (Å²) in [7, 11) is 0. The van der Waals surface area contributed by atoms with Gasteiger partial charge in [0.15, 0.2) is 0 Å². The minimum atomic E-state index is 0.453. The second-order valence-corrected chi connectivity index (χ2v) is 5.69. The summed E-state index contributed by atoms with van der Waals surface area (Å²) in [4.78, 5) is 12.4. The molecule has 0 fully saturated rings. The molecule has 1 unspecified atom stereocenters. The Labute approximate surface area is 105 Å². The van der Waals surface area contributed by atoms with Crippen LogP contribution in [0.4, 0.5) is 0 Å². The molecule has 0 amide bonds. The van der Waals surface area contributed by atoms with Gasteiger partial charge in [-0.3, -0.25) is 4.99 Å². The van der Waals surface area contributed by atoms with E-state index in [9.17, 15) is 0 Å². The molecular weight excluding hydrogens is 230 g/mol. The third kappa shape index (κ3) is 1.97. The first-order valence-electron chi connectivity index (χ1n) is 5.89. The molecule has 0 spiro atoms. The largest absolute Gasteiger partial charge is 0.338 e. The highest BCUT2D eigenvalue weighted by molar-refractivity contribution is 8.14. The summed E-state index contributed by atoms with van der Waals surface area (Å²) in [5.41, 5.74) is 2.05. The van der Waals surface area contributed by atoms with Crippen LogP contribution in [-0.2, 0) is 0 Å². The summed E-state index contributed by atoms with van der Waals surface area (Å²) in [6.07, 6.45) is 1.81. The minimum Gasteiger partial charge on any atom is -0.338 e. The second-order valence-electron chi connectivity index (χ2n) is 4.68. The number of fused-ring (bicyclic) bond motifs is 1. The zero-order valence-corrected chi connectivity index (χ0v) is 10.8. The van der Waals surface area contributed by atoms with E-state index in [0.717, 1.165) is 27.5 Å². The predicted molar refractivity (Wildman–Crippen MR) is 73.7 cm³/mol. The number of nitrogens with zero attached hydrogens (tertiary/aromatic N) is 2. The average Bonchev–Trinajstić information content (AvgIpc) is 2.95. The fourth-order valence-electron chi connectivity index (χ4n) is 1.95. The van der Waals surface area contributed by atoms with Crippen LogP contribution in [0.2, 0.25) is 0 Å². The molecule has 0 aliphatic carbocycles. The maximum absolute atomic E-state index is 4.77. The number of hydrogen-bond acceptors (Lipinski definition) is 3. The quantitative estimate of drug-likeness (QED) is 0.883. The van der Waals surface area contributed by atoms with Crippen LogP contribution in [0, 0.1) is 5.92 Å². The van der Waals surface area contributed by atoms with Crippen molar-refractivity contribution in [3.05, 3.63) is 30.1 Å². The Morgan fingerprint density at radius 3 is 3.06 bits per heavy atom. The molecule has 0 saturated heterocycles. The maximum Gasteiger partial charge on any atom is 0.137 e. The number of aromatic nitrogens is 2. The van der Waals surface area contributed by atoms with E-state index in [0.29, 0.717) is 12.0 Å². The Hall–Kier alpha value is -1.29. The predicted octanol–water partition coefficient (Wildman–Crippen LogP) is 3.08. The van der Waals surface area contributed by atoms with Gasteiger partial charge in [-0.25, -0.2) is 4.98 Å². The molecule has 0 radical (unpaired) electrons. The van der Waals surface area contributed by atoms with Crippen molar-refractivity contribution in [2.45, 2.75) is 19.9 Å². The van der Waals surface area contributed by atoms with Gasteiger partial charge < -0.3 is 4.98 Å².